The molecule has 1 amide bonds. The van der Waals surface area contributed by atoms with Gasteiger partial charge in [-0.05, 0) is 50.8 Å². The smallest absolute Gasteiger partial charge is 0.253 e. The van der Waals surface area contributed by atoms with Crippen LogP contribution in [0.4, 0.5) is 4.39 Å². The third-order valence-corrected chi connectivity index (χ3v) is 4.65. The standard InChI is InChI=1S/C18H23FN4O/c1-13(2)23-12-20-21-17(23)10-14-6-8-22(9-7-14)18(24)15-4-3-5-16(19)11-15/h3-5,11-14H,6-10H2,1-2H3. The Morgan fingerprint density at radius 2 is 2.08 bits per heavy atom. The molecule has 3 rings (SSSR count). The van der Waals surface area contributed by atoms with Crippen molar-refractivity contribution in [2.24, 2.45) is 5.92 Å². The highest BCUT2D eigenvalue weighted by Gasteiger charge is 2.25. The first-order valence-corrected chi connectivity index (χ1v) is 8.48. The van der Waals surface area contributed by atoms with Crippen LogP contribution >= 0.6 is 0 Å². The molecule has 0 unspecified atom stereocenters. The molecule has 1 fully saturated rings. The van der Waals surface area contributed by atoms with E-state index in [0.29, 0.717) is 30.6 Å². The fourth-order valence-corrected chi connectivity index (χ4v) is 3.25. The molecular formula is C18H23FN4O. The van der Waals surface area contributed by atoms with Crippen LogP contribution in [0.25, 0.3) is 0 Å². The number of amides is 1. The van der Waals surface area contributed by atoms with E-state index in [4.69, 9.17) is 0 Å². The minimum atomic E-state index is -0.372. The van der Waals surface area contributed by atoms with Crippen molar-refractivity contribution >= 4 is 5.91 Å². The van der Waals surface area contributed by atoms with Gasteiger partial charge in [-0.2, -0.15) is 0 Å². The van der Waals surface area contributed by atoms with E-state index in [1.807, 2.05) is 4.90 Å². The largest absolute Gasteiger partial charge is 0.339 e. The van der Waals surface area contributed by atoms with E-state index < -0.39 is 0 Å². The number of rotatable bonds is 4. The van der Waals surface area contributed by atoms with E-state index in [9.17, 15) is 9.18 Å². The summed E-state index contributed by atoms with van der Waals surface area (Å²) in [5, 5.41) is 8.25. The van der Waals surface area contributed by atoms with Crippen molar-refractivity contribution in [1.82, 2.24) is 19.7 Å². The summed E-state index contributed by atoms with van der Waals surface area (Å²) in [6, 6.07) is 6.26. The molecule has 6 heteroatoms. The molecule has 2 aromatic rings. The number of piperidine rings is 1. The minimum absolute atomic E-state index is 0.0849. The second kappa shape index (κ2) is 7.11. The lowest BCUT2D eigenvalue weighted by atomic mass is 9.92. The highest BCUT2D eigenvalue weighted by molar-refractivity contribution is 5.94. The fourth-order valence-electron chi connectivity index (χ4n) is 3.25. The molecule has 5 nitrogen and oxygen atoms in total. The highest BCUT2D eigenvalue weighted by atomic mass is 19.1. The Morgan fingerprint density at radius 1 is 1.33 bits per heavy atom. The zero-order chi connectivity index (χ0) is 17.1. The van der Waals surface area contributed by atoms with Gasteiger partial charge in [0.2, 0.25) is 0 Å². The first-order chi connectivity index (χ1) is 11.5. The van der Waals surface area contributed by atoms with Crippen molar-refractivity contribution < 1.29 is 9.18 Å². The molecule has 0 aliphatic carbocycles. The fraction of sp³-hybridized carbons (Fsp3) is 0.500. The van der Waals surface area contributed by atoms with Gasteiger partial charge in [-0.3, -0.25) is 4.79 Å². The van der Waals surface area contributed by atoms with E-state index in [1.165, 1.54) is 12.1 Å². The Morgan fingerprint density at radius 3 is 2.75 bits per heavy atom. The number of benzene rings is 1. The summed E-state index contributed by atoms with van der Waals surface area (Å²) < 4.78 is 15.4. The maximum atomic E-state index is 13.3. The maximum Gasteiger partial charge on any atom is 0.253 e. The first-order valence-electron chi connectivity index (χ1n) is 8.48. The van der Waals surface area contributed by atoms with Crippen LogP contribution in [0.15, 0.2) is 30.6 Å². The predicted molar refractivity (Wildman–Crippen MR) is 89.1 cm³/mol. The summed E-state index contributed by atoms with van der Waals surface area (Å²) in [7, 11) is 0. The van der Waals surface area contributed by atoms with Crippen LogP contribution in [-0.4, -0.2) is 38.7 Å². The molecule has 24 heavy (non-hydrogen) atoms. The van der Waals surface area contributed by atoms with Crippen molar-refractivity contribution in [2.75, 3.05) is 13.1 Å². The lowest BCUT2D eigenvalue weighted by Crippen LogP contribution is -2.39. The molecule has 1 aliphatic rings. The number of likely N-dealkylation sites (tertiary alicyclic amines) is 1. The van der Waals surface area contributed by atoms with Crippen LogP contribution in [0.1, 0.15) is 48.9 Å². The van der Waals surface area contributed by atoms with Crippen molar-refractivity contribution in [1.29, 1.82) is 0 Å². The molecule has 128 valence electrons. The minimum Gasteiger partial charge on any atom is -0.339 e. The SMILES string of the molecule is CC(C)n1cnnc1CC1CCN(C(=O)c2cccc(F)c2)CC1. The molecule has 1 saturated heterocycles. The second-order valence-electron chi connectivity index (χ2n) is 6.70. The van der Waals surface area contributed by atoms with Crippen molar-refractivity contribution in [2.45, 2.75) is 39.2 Å². The third-order valence-electron chi connectivity index (χ3n) is 4.65. The Bertz CT molecular complexity index is 705. The first kappa shape index (κ1) is 16.6. The van der Waals surface area contributed by atoms with Gasteiger partial charge in [0.1, 0.15) is 18.0 Å². The Hall–Kier alpha value is -2.24. The average Bonchev–Trinajstić information content (AvgIpc) is 3.03. The van der Waals surface area contributed by atoms with Gasteiger partial charge < -0.3 is 9.47 Å². The number of aromatic nitrogens is 3. The zero-order valence-corrected chi connectivity index (χ0v) is 14.2. The number of carbonyl (C=O) groups excluding carboxylic acids is 1. The lowest BCUT2D eigenvalue weighted by Gasteiger charge is -2.32. The Kier molecular flexibility index (Phi) is 4.92. The summed E-state index contributed by atoms with van der Waals surface area (Å²) in [5.41, 5.74) is 0.424. The Balaban J connectivity index is 1.58. The molecule has 0 radical (unpaired) electrons. The molecule has 1 aliphatic heterocycles. The van der Waals surface area contributed by atoms with Crippen LogP contribution in [0.5, 0.6) is 0 Å². The molecule has 0 spiro atoms. The lowest BCUT2D eigenvalue weighted by molar-refractivity contribution is 0.0689. The predicted octanol–water partition coefficient (Wildman–Crippen LogP) is 3.09. The molecular weight excluding hydrogens is 307 g/mol. The molecule has 0 saturated carbocycles. The molecule has 0 N–H and O–H groups in total. The summed E-state index contributed by atoms with van der Waals surface area (Å²) in [6.07, 6.45) is 4.54. The maximum absolute atomic E-state index is 13.3. The van der Waals surface area contributed by atoms with Gasteiger partial charge in [0.25, 0.3) is 5.91 Å². The molecule has 2 heterocycles. The van der Waals surface area contributed by atoms with Crippen molar-refractivity contribution in [3.63, 3.8) is 0 Å². The number of hydrogen-bond donors (Lipinski definition) is 0. The van der Waals surface area contributed by atoms with Gasteiger partial charge in [-0.25, -0.2) is 4.39 Å². The van der Waals surface area contributed by atoms with Crippen LogP contribution in [0.2, 0.25) is 0 Å². The number of nitrogens with zero attached hydrogens (tertiary/aromatic N) is 4. The summed E-state index contributed by atoms with van der Waals surface area (Å²) in [5.74, 6) is 1.06. The molecule has 0 atom stereocenters. The van der Waals surface area contributed by atoms with Gasteiger partial charge in [0, 0.05) is 31.1 Å². The van der Waals surface area contributed by atoms with Crippen LogP contribution in [0, 0.1) is 11.7 Å². The van der Waals surface area contributed by atoms with Crippen molar-refractivity contribution in [3.05, 3.63) is 47.8 Å². The van der Waals surface area contributed by atoms with E-state index in [-0.39, 0.29) is 11.7 Å². The van der Waals surface area contributed by atoms with E-state index >= 15 is 0 Å². The molecule has 0 bridgehead atoms. The van der Waals surface area contributed by atoms with E-state index in [1.54, 1.807) is 18.5 Å². The van der Waals surface area contributed by atoms with Gasteiger partial charge >= 0.3 is 0 Å². The average molecular weight is 330 g/mol. The molecule has 1 aromatic carbocycles. The summed E-state index contributed by atoms with van der Waals surface area (Å²) in [4.78, 5) is 14.3. The zero-order valence-electron chi connectivity index (χ0n) is 14.2. The number of hydrogen-bond acceptors (Lipinski definition) is 3. The normalized spacial score (nSPS) is 15.9. The van der Waals surface area contributed by atoms with Crippen molar-refractivity contribution in [3.8, 4) is 0 Å². The summed E-state index contributed by atoms with van der Waals surface area (Å²) >= 11 is 0. The highest BCUT2D eigenvalue weighted by Crippen LogP contribution is 2.23. The Labute approximate surface area is 141 Å². The van der Waals surface area contributed by atoms with Gasteiger partial charge in [-0.15, -0.1) is 10.2 Å². The third kappa shape index (κ3) is 3.63. The quantitative estimate of drug-likeness (QED) is 0.865. The topological polar surface area (TPSA) is 51.0 Å². The monoisotopic (exact) mass is 330 g/mol. The molecule has 1 aromatic heterocycles. The number of halogens is 1. The van der Waals surface area contributed by atoms with Crippen LogP contribution in [0.3, 0.4) is 0 Å². The van der Waals surface area contributed by atoms with Gasteiger partial charge in [0.05, 0.1) is 0 Å². The van der Waals surface area contributed by atoms with Gasteiger partial charge in [0.15, 0.2) is 0 Å². The van der Waals surface area contributed by atoms with Crippen LogP contribution in [-0.2, 0) is 6.42 Å². The van der Waals surface area contributed by atoms with Crippen LogP contribution < -0.4 is 0 Å². The number of carbonyl (C=O) groups is 1. The van der Waals surface area contributed by atoms with E-state index in [2.05, 4.69) is 28.6 Å². The summed E-state index contributed by atoms with van der Waals surface area (Å²) in [6.45, 7) is 5.64. The van der Waals surface area contributed by atoms with Gasteiger partial charge in [-0.1, -0.05) is 6.07 Å². The van der Waals surface area contributed by atoms with E-state index in [0.717, 1.165) is 25.1 Å². The second-order valence-corrected chi connectivity index (χ2v) is 6.70.